The van der Waals surface area contributed by atoms with E-state index >= 15 is 0 Å². The number of hydrogen-bond acceptors (Lipinski definition) is 6. The minimum absolute atomic E-state index is 0.0779. The molecule has 1 unspecified atom stereocenters. The molecule has 0 aromatic carbocycles. The molecule has 0 aliphatic heterocycles. The van der Waals surface area contributed by atoms with Gasteiger partial charge in [-0.05, 0) is 89.9 Å². The van der Waals surface area contributed by atoms with Crippen LogP contribution in [-0.2, 0) is 28.6 Å². The van der Waals surface area contributed by atoms with E-state index < -0.39 is 6.10 Å². The zero-order chi connectivity index (χ0) is 57.8. The predicted molar refractivity (Wildman–Crippen MR) is 348 cm³/mol. The third kappa shape index (κ3) is 65.4. The van der Waals surface area contributed by atoms with E-state index in [2.05, 4.69) is 106 Å². The Morgan fingerprint density at radius 3 is 0.812 bits per heavy atom. The first-order valence-corrected chi connectivity index (χ1v) is 34.6. The van der Waals surface area contributed by atoms with Crippen LogP contribution in [0.15, 0.2) is 85.1 Å². The van der Waals surface area contributed by atoms with Crippen LogP contribution in [0.2, 0.25) is 0 Å². The van der Waals surface area contributed by atoms with Crippen molar-refractivity contribution in [3.05, 3.63) is 85.1 Å². The smallest absolute Gasteiger partial charge is 0.306 e. The third-order valence-electron chi connectivity index (χ3n) is 15.1. The molecule has 0 radical (unpaired) electrons. The normalized spacial score (nSPS) is 12.6. The van der Waals surface area contributed by atoms with Gasteiger partial charge >= 0.3 is 17.9 Å². The fourth-order valence-corrected chi connectivity index (χ4v) is 9.96. The summed E-state index contributed by atoms with van der Waals surface area (Å²) in [6.07, 6.45) is 90.4. The lowest BCUT2D eigenvalue weighted by atomic mass is 10.0. The minimum Gasteiger partial charge on any atom is -0.462 e. The number of esters is 3. The summed E-state index contributed by atoms with van der Waals surface area (Å²) in [5, 5.41) is 0. The highest BCUT2D eigenvalue weighted by Crippen LogP contribution is 2.18. The Bertz CT molecular complexity index is 1520. The quantitative estimate of drug-likeness (QED) is 0.0261. The molecule has 0 saturated carbocycles. The lowest BCUT2D eigenvalue weighted by molar-refractivity contribution is -0.167. The van der Waals surface area contributed by atoms with E-state index in [1.807, 2.05) is 0 Å². The van der Waals surface area contributed by atoms with Crippen molar-refractivity contribution in [2.75, 3.05) is 13.2 Å². The second kappa shape index (κ2) is 68.1. The molecule has 1 atom stereocenters. The van der Waals surface area contributed by atoms with E-state index in [9.17, 15) is 14.4 Å². The molecule has 6 nitrogen and oxygen atoms in total. The summed E-state index contributed by atoms with van der Waals surface area (Å²) in [6.45, 7) is 6.53. The van der Waals surface area contributed by atoms with E-state index in [0.29, 0.717) is 19.3 Å². The monoisotopic (exact) mass is 1110 g/mol. The molecule has 0 rings (SSSR count). The van der Waals surface area contributed by atoms with E-state index in [1.54, 1.807) is 0 Å². The molecule has 0 fully saturated rings. The van der Waals surface area contributed by atoms with Crippen LogP contribution in [0.5, 0.6) is 0 Å². The molecule has 0 aromatic rings. The Morgan fingerprint density at radius 2 is 0.500 bits per heavy atom. The maximum Gasteiger partial charge on any atom is 0.306 e. The summed E-state index contributed by atoms with van der Waals surface area (Å²) in [7, 11) is 0. The predicted octanol–water partition coefficient (Wildman–Crippen LogP) is 23.8. The standard InChI is InChI=1S/C74H130O6/c1-4-7-10-13-16-19-22-24-26-28-30-32-34-35-36-37-38-39-40-42-43-45-47-49-52-55-58-61-64-67-73(76)79-70-71(69-78-72(75)66-63-60-57-54-51-21-18-15-12-9-6-3)80-74(77)68-65-62-59-56-53-50-48-46-44-41-33-31-29-27-25-23-20-17-14-11-8-5-2/h7,10,15-16,18-19,24,26,30,32,35-36,38-39,71H,4-6,8-9,11-14,17,20-23,25,27-29,31,33-34,37,40-70H2,1-3H3/b10-7-,18-15-,19-16-,26-24-,32-30-,36-35-,39-38-. The summed E-state index contributed by atoms with van der Waals surface area (Å²) in [5.74, 6) is -0.874. The van der Waals surface area contributed by atoms with E-state index in [0.717, 1.165) is 103 Å². The average molecular weight is 1120 g/mol. The first-order chi connectivity index (χ1) is 39.5. The molecule has 462 valence electrons. The van der Waals surface area contributed by atoms with Gasteiger partial charge in [0.05, 0.1) is 0 Å². The van der Waals surface area contributed by atoms with Crippen molar-refractivity contribution in [2.24, 2.45) is 0 Å². The van der Waals surface area contributed by atoms with Crippen LogP contribution in [0.3, 0.4) is 0 Å². The van der Waals surface area contributed by atoms with Crippen LogP contribution in [0.25, 0.3) is 0 Å². The molecule has 0 aromatic heterocycles. The van der Waals surface area contributed by atoms with Gasteiger partial charge in [0.25, 0.3) is 0 Å². The zero-order valence-corrected chi connectivity index (χ0v) is 53.1. The van der Waals surface area contributed by atoms with Gasteiger partial charge in [-0.15, -0.1) is 0 Å². The van der Waals surface area contributed by atoms with Gasteiger partial charge in [-0.3, -0.25) is 14.4 Å². The zero-order valence-electron chi connectivity index (χ0n) is 53.1. The Hall–Kier alpha value is -3.41. The van der Waals surface area contributed by atoms with Gasteiger partial charge in [0.2, 0.25) is 0 Å². The van der Waals surface area contributed by atoms with Gasteiger partial charge in [0.15, 0.2) is 6.10 Å². The van der Waals surface area contributed by atoms with E-state index in [-0.39, 0.29) is 31.1 Å². The largest absolute Gasteiger partial charge is 0.462 e. The Morgan fingerprint density at radius 1 is 0.263 bits per heavy atom. The van der Waals surface area contributed by atoms with Crippen LogP contribution in [-0.4, -0.2) is 37.2 Å². The van der Waals surface area contributed by atoms with Gasteiger partial charge in [-0.1, -0.05) is 324 Å². The fraction of sp³-hybridized carbons (Fsp3) is 0.770. The van der Waals surface area contributed by atoms with Crippen molar-refractivity contribution in [3.8, 4) is 0 Å². The molecule has 0 spiro atoms. The molecule has 0 aliphatic rings. The van der Waals surface area contributed by atoms with Gasteiger partial charge < -0.3 is 14.2 Å². The van der Waals surface area contributed by atoms with Gasteiger partial charge in [-0.2, -0.15) is 0 Å². The van der Waals surface area contributed by atoms with Crippen molar-refractivity contribution in [2.45, 2.75) is 354 Å². The number of unbranched alkanes of at least 4 members (excludes halogenated alkanes) is 38. The maximum absolute atomic E-state index is 12.9. The molecule has 0 bridgehead atoms. The SMILES string of the molecule is CC/C=C\C/C=C\C/C=C\C/C=C\C/C=C\C/C=C\CCCCCCCCCCCCC(=O)OCC(COC(=O)CCCCCCC/C=C\CCCC)OC(=O)CCCCCCCCCCCCCCCCCCCCCCCC. The first-order valence-electron chi connectivity index (χ1n) is 34.6. The van der Waals surface area contributed by atoms with Crippen LogP contribution < -0.4 is 0 Å². The average Bonchev–Trinajstić information content (AvgIpc) is 3.46. The Balaban J connectivity index is 4.22. The van der Waals surface area contributed by atoms with Gasteiger partial charge in [0, 0.05) is 19.3 Å². The summed E-state index contributed by atoms with van der Waals surface area (Å²) in [5.41, 5.74) is 0. The summed E-state index contributed by atoms with van der Waals surface area (Å²) in [6, 6.07) is 0. The number of allylic oxidation sites excluding steroid dienone is 14. The van der Waals surface area contributed by atoms with E-state index in [1.165, 1.54) is 205 Å². The van der Waals surface area contributed by atoms with Crippen molar-refractivity contribution >= 4 is 17.9 Å². The van der Waals surface area contributed by atoms with Crippen molar-refractivity contribution in [3.63, 3.8) is 0 Å². The third-order valence-corrected chi connectivity index (χ3v) is 15.1. The molecule has 80 heavy (non-hydrogen) atoms. The van der Waals surface area contributed by atoms with Crippen LogP contribution in [0.4, 0.5) is 0 Å². The lowest BCUT2D eigenvalue weighted by Crippen LogP contribution is -2.30. The number of carbonyl (C=O) groups excluding carboxylic acids is 3. The molecule has 0 heterocycles. The maximum atomic E-state index is 12.9. The molecular formula is C74H130O6. The fourth-order valence-electron chi connectivity index (χ4n) is 9.96. The number of rotatable bonds is 63. The molecule has 6 heteroatoms. The van der Waals surface area contributed by atoms with Crippen molar-refractivity contribution in [1.82, 2.24) is 0 Å². The Kier molecular flexibility index (Phi) is 65.2. The molecule has 0 aliphatic carbocycles. The molecular weight excluding hydrogens is 985 g/mol. The summed E-state index contributed by atoms with van der Waals surface area (Å²) in [4.78, 5) is 38.3. The summed E-state index contributed by atoms with van der Waals surface area (Å²) < 4.78 is 16.9. The highest BCUT2D eigenvalue weighted by atomic mass is 16.6. The van der Waals surface area contributed by atoms with Crippen LogP contribution in [0, 0.1) is 0 Å². The highest BCUT2D eigenvalue weighted by Gasteiger charge is 2.19. The molecule has 0 N–H and O–H groups in total. The topological polar surface area (TPSA) is 78.9 Å². The minimum atomic E-state index is -0.780. The lowest BCUT2D eigenvalue weighted by Gasteiger charge is -2.18. The highest BCUT2D eigenvalue weighted by molar-refractivity contribution is 5.71. The second-order valence-corrected chi connectivity index (χ2v) is 23.1. The van der Waals surface area contributed by atoms with Crippen molar-refractivity contribution < 1.29 is 28.6 Å². The Labute approximate surface area is 496 Å². The molecule has 0 saturated heterocycles. The van der Waals surface area contributed by atoms with Crippen molar-refractivity contribution in [1.29, 1.82) is 0 Å². The van der Waals surface area contributed by atoms with Gasteiger partial charge in [-0.25, -0.2) is 0 Å². The van der Waals surface area contributed by atoms with Crippen LogP contribution >= 0.6 is 0 Å². The number of ether oxygens (including phenoxy) is 3. The second-order valence-electron chi connectivity index (χ2n) is 23.1. The summed E-state index contributed by atoms with van der Waals surface area (Å²) >= 11 is 0. The van der Waals surface area contributed by atoms with Crippen LogP contribution in [0.1, 0.15) is 348 Å². The number of carbonyl (C=O) groups is 3. The van der Waals surface area contributed by atoms with E-state index in [4.69, 9.17) is 14.2 Å². The van der Waals surface area contributed by atoms with Gasteiger partial charge in [0.1, 0.15) is 13.2 Å². The first kappa shape index (κ1) is 76.6. The number of hydrogen-bond donors (Lipinski definition) is 0. The molecule has 0 amide bonds.